The molecule has 1 N–H and O–H groups in total. The summed E-state index contributed by atoms with van der Waals surface area (Å²) in [6, 6.07) is 5.78. The Kier molecular flexibility index (Phi) is 3.45. The highest BCUT2D eigenvalue weighted by molar-refractivity contribution is 5.85. The fourth-order valence-corrected chi connectivity index (χ4v) is 1.68. The molecule has 1 heterocycles. The third-order valence-electron chi connectivity index (χ3n) is 2.45. The van der Waals surface area contributed by atoms with Crippen molar-refractivity contribution >= 4 is 12.4 Å². The van der Waals surface area contributed by atoms with Gasteiger partial charge in [0.2, 0.25) is 0 Å². The van der Waals surface area contributed by atoms with Gasteiger partial charge in [0.25, 0.3) is 0 Å². The molecule has 1 aromatic rings. The lowest BCUT2D eigenvalue weighted by Crippen LogP contribution is -2.23. The molecule has 0 radical (unpaired) electrons. The third-order valence-corrected chi connectivity index (χ3v) is 2.45. The van der Waals surface area contributed by atoms with E-state index in [0.717, 1.165) is 0 Å². The maximum Gasteiger partial charge on any atom is 0.149 e. The van der Waals surface area contributed by atoms with Gasteiger partial charge in [-0.1, -0.05) is 12.1 Å². The summed E-state index contributed by atoms with van der Waals surface area (Å²) in [7, 11) is 0. The van der Waals surface area contributed by atoms with Crippen molar-refractivity contribution in [2.45, 2.75) is 12.1 Å². The predicted octanol–water partition coefficient (Wildman–Crippen LogP) is 2.41. The number of rotatable bonds is 1. The first-order valence-electron chi connectivity index (χ1n) is 4.36. The zero-order valence-electron chi connectivity index (χ0n) is 7.59. The molecule has 1 aromatic carbocycles. The number of halogens is 3. The molecular formula is C10H12ClF2N. The third kappa shape index (κ3) is 2.04. The van der Waals surface area contributed by atoms with Crippen molar-refractivity contribution in [1.82, 2.24) is 5.32 Å². The van der Waals surface area contributed by atoms with Crippen LogP contribution in [0.5, 0.6) is 0 Å². The first kappa shape index (κ1) is 11.4. The topological polar surface area (TPSA) is 12.0 Å². The Morgan fingerprint density at radius 2 is 2.14 bits per heavy atom. The molecule has 0 amide bonds. The lowest BCUT2D eigenvalue weighted by atomic mass is 9.95. The Labute approximate surface area is 87.9 Å². The van der Waals surface area contributed by atoms with Gasteiger partial charge in [-0.2, -0.15) is 0 Å². The van der Waals surface area contributed by atoms with E-state index in [1.165, 1.54) is 12.1 Å². The number of hydrogen-bond donors (Lipinski definition) is 1. The average molecular weight is 220 g/mol. The van der Waals surface area contributed by atoms with Gasteiger partial charge >= 0.3 is 0 Å². The zero-order valence-corrected chi connectivity index (χ0v) is 8.41. The molecule has 1 nitrogen and oxygen atoms in total. The fraction of sp³-hybridized carbons (Fsp3) is 0.400. The SMILES string of the molecule is Cl.Fc1cccc(C2(F)CCNC2)c1. The van der Waals surface area contributed by atoms with Gasteiger partial charge in [0.15, 0.2) is 0 Å². The van der Waals surface area contributed by atoms with Crippen molar-refractivity contribution in [3.63, 3.8) is 0 Å². The average Bonchev–Trinajstić information content (AvgIpc) is 2.54. The molecular weight excluding hydrogens is 208 g/mol. The molecule has 14 heavy (non-hydrogen) atoms. The van der Waals surface area contributed by atoms with Crippen LogP contribution in [0.3, 0.4) is 0 Å². The van der Waals surface area contributed by atoms with E-state index in [1.807, 2.05) is 0 Å². The molecule has 0 spiro atoms. The summed E-state index contributed by atoms with van der Waals surface area (Å²) in [5.74, 6) is -0.374. The van der Waals surface area contributed by atoms with Crippen LogP contribution in [0.25, 0.3) is 0 Å². The van der Waals surface area contributed by atoms with Gasteiger partial charge in [-0.15, -0.1) is 12.4 Å². The highest BCUT2D eigenvalue weighted by Crippen LogP contribution is 2.32. The molecule has 0 saturated carbocycles. The van der Waals surface area contributed by atoms with Crippen molar-refractivity contribution < 1.29 is 8.78 Å². The van der Waals surface area contributed by atoms with Crippen LogP contribution in [0, 0.1) is 5.82 Å². The van der Waals surface area contributed by atoms with Crippen molar-refractivity contribution in [1.29, 1.82) is 0 Å². The molecule has 4 heteroatoms. The largest absolute Gasteiger partial charge is 0.313 e. The number of benzene rings is 1. The number of hydrogen-bond acceptors (Lipinski definition) is 1. The molecule has 1 unspecified atom stereocenters. The van der Waals surface area contributed by atoms with Crippen LogP contribution in [0.15, 0.2) is 24.3 Å². The van der Waals surface area contributed by atoms with E-state index in [0.29, 0.717) is 18.5 Å². The zero-order chi connectivity index (χ0) is 9.31. The van der Waals surface area contributed by atoms with Gasteiger partial charge in [0.05, 0.1) is 0 Å². The lowest BCUT2D eigenvalue weighted by molar-refractivity contribution is 0.193. The molecule has 1 atom stereocenters. The molecule has 0 aromatic heterocycles. The van der Waals surface area contributed by atoms with Crippen molar-refractivity contribution in [2.75, 3.05) is 13.1 Å². The van der Waals surface area contributed by atoms with Gasteiger partial charge in [-0.05, 0) is 30.7 Å². The quantitative estimate of drug-likeness (QED) is 0.765. The van der Waals surface area contributed by atoms with Gasteiger partial charge in [0, 0.05) is 6.54 Å². The van der Waals surface area contributed by atoms with E-state index in [-0.39, 0.29) is 24.8 Å². The minimum absolute atomic E-state index is 0. The summed E-state index contributed by atoms with van der Waals surface area (Å²) in [6.07, 6.45) is 0.427. The molecule has 0 bridgehead atoms. The Bertz CT molecular complexity index is 311. The summed E-state index contributed by atoms with van der Waals surface area (Å²) in [5, 5.41) is 2.93. The van der Waals surface area contributed by atoms with Crippen LogP contribution in [-0.4, -0.2) is 13.1 Å². The standard InChI is InChI=1S/C10H11F2N.ClH/c11-9-3-1-2-8(6-9)10(12)4-5-13-7-10;/h1-3,6,13H,4-5,7H2;1H. The van der Waals surface area contributed by atoms with E-state index in [1.54, 1.807) is 12.1 Å². The molecule has 2 rings (SSSR count). The Morgan fingerprint density at radius 3 is 2.71 bits per heavy atom. The van der Waals surface area contributed by atoms with Gasteiger partial charge in [-0.25, -0.2) is 8.78 Å². The minimum Gasteiger partial charge on any atom is -0.313 e. The Morgan fingerprint density at radius 1 is 1.36 bits per heavy atom. The lowest BCUT2D eigenvalue weighted by Gasteiger charge is -2.18. The molecule has 1 aliphatic heterocycles. The van der Waals surface area contributed by atoms with E-state index in [2.05, 4.69) is 5.32 Å². The van der Waals surface area contributed by atoms with Gasteiger partial charge in [0.1, 0.15) is 11.5 Å². The Balaban J connectivity index is 0.000000980. The monoisotopic (exact) mass is 219 g/mol. The summed E-state index contributed by atoms with van der Waals surface area (Å²) < 4.78 is 26.8. The fourth-order valence-electron chi connectivity index (χ4n) is 1.68. The van der Waals surface area contributed by atoms with Crippen LogP contribution in [-0.2, 0) is 5.67 Å². The second-order valence-electron chi connectivity index (χ2n) is 3.40. The van der Waals surface area contributed by atoms with Crippen LogP contribution in [0.2, 0.25) is 0 Å². The minimum atomic E-state index is -1.37. The summed E-state index contributed by atoms with van der Waals surface area (Å²) >= 11 is 0. The van der Waals surface area contributed by atoms with Crippen molar-refractivity contribution in [2.24, 2.45) is 0 Å². The highest BCUT2D eigenvalue weighted by Gasteiger charge is 2.35. The second-order valence-corrected chi connectivity index (χ2v) is 3.40. The first-order chi connectivity index (χ1) is 6.21. The maximum atomic E-state index is 14.0. The van der Waals surface area contributed by atoms with Crippen LogP contribution in [0.1, 0.15) is 12.0 Å². The summed E-state index contributed by atoms with van der Waals surface area (Å²) in [5.41, 5.74) is -0.931. The van der Waals surface area contributed by atoms with Crippen LogP contribution < -0.4 is 5.32 Å². The second kappa shape index (κ2) is 4.24. The molecule has 0 aliphatic carbocycles. The molecule has 1 saturated heterocycles. The van der Waals surface area contributed by atoms with Crippen molar-refractivity contribution in [3.05, 3.63) is 35.6 Å². The van der Waals surface area contributed by atoms with Gasteiger partial charge < -0.3 is 5.32 Å². The summed E-state index contributed by atoms with van der Waals surface area (Å²) in [6.45, 7) is 0.948. The van der Waals surface area contributed by atoms with Gasteiger partial charge in [-0.3, -0.25) is 0 Å². The van der Waals surface area contributed by atoms with Crippen LogP contribution >= 0.6 is 12.4 Å². The number of nitrogens with one attached hydrogen (secondary N) is 1. The van der Waals surface area contributed by atoms with E-state index >= 15 is 0 Å². The first-order valence-corrected chi connectivity index (χ1v) is 4.36. The highest BCUT2D eigenvalue weighted by atomic mass is 35.5. The van der Waals surface area contributed by atoms with Crippen molar-refractivity contribution in [3.8, 4) is 0 Å². The molecule has 78 valence electrons. The molecule has 1 aliphatic rings. The van der Waals surface area contributed by atoms with Crippen LogP contribution in [0.4, 0.5) is 8.78 Å². The normalized spacial score (nSPS) is 25.9. The van der Waals surface area contributed by atoms with E-state index in [4.69, 9.17) is 0 Å². The maximum absolute atomic E-state index is 14.0. The van der Waals surface area contributed by atoms with E-state index in [9.17, 15) is 8.78 Å². The number of alkyl halides is 1. The van der Waals surface area contributed by atoms with E-state index < -0.39 is 5.67 Å². The molecule has 1 fully saturated rings. The smallest absolute Gasteiger partial charge is 0.149 e. The predicted molar refractivity (Wildman–Crippen MR) is 53.9 cm³/mol. The summed E-state index contributed by atoms with van der Waals surface area (Å²) in [4.78, 5) is 0. The Hall–Kier alpha value is -0.670.